The van der Waals surface area contributed by atoms with Crippen LogP contribution >= 0.6 is 22.7 Å². The van der Waals surface area contributed by atoms with Gasteiger partial charge in [0.2, 0.25) is 0 Å². The summed E-state index contributed by atoms with van der Waals surface area (Å²) >= 11 is 3.16. The number of nitrogens with zero attached hydrogens (tertiary/aromatic N) is 2. The van der Waals surface area contributed by atoms with Crippen molar-refractivity contribution < 1.29 is 4.79 Å². The van der Waals surface area contributed by atoms with Crippen molar-refractivity contribution >= 4 is 40.0 Å². The lowest BCUT2D eigenvalue weighted by Gasteiger charge is -2.46. The van der Waals surface area contributed by atoms with E-state index in [2.05, 4.69) is 32.7 Å². The third kappa shape index (κ3) is 4.02. The number of hydrogen-bond donors (Lipinski definition) is 2. The number of carbonyl (C=O) groups is 1. The van der Waals surface area contributed by atoms with E-state index in [-0.39, 0.29) is 5.91 Å². The first kappa shape index (κ1) is 19.7. The van der Waals surface area contributed by atoms with Crippen LogP contribution in [0.4, 0.5) is 11.4 Å². The molecule has 0 aliphatic carbocycles. The normalized spacial score (nSPS) is 21.7. The van der Waals surface area contributed by atoms with Crippen molar-refractivity contribution in [2.75, 3.05) is 36.4 Å². The van der Waals surface area contributed by atoms with Gasteiger partial charge in [-0.2, -0.15) is 0 Å². The highest BCUT2D eigenvalue weighted by Crippen LogP contribution is 2.39. The van der Waals surface area contributed by atoms with Crippen molar-refractivity contribution in [3.8, 4) is 9.88 Å². The van der Waals surface area contributed by atoms with Crippen molar-refractivity contribution in [2.24, 2.45) is 5.41 Å². The molecule has 5 rings (SSSR count). The number of anilines is 2. The number of hydrogen-bond acceptors (Lipinski definition) is 6. The molecule has 2 aromatic heterocycles. The monoisotopic (exact) mass is 438 g/mol. The van der Waals surface area contributed by atoms with Crippen LogP contribution in [-0.2, 0) is 0 Å². The molecule has 1 amide bonds. The molecule has 2 N–H and O–H groups in total. The fraction of sp³-hybridized carbons (Fsp3) is 0.391. The van der Waals surface area contributed by atoms with E-state index in [1.54, 1.807) is 11.3 Å². The van der Waals surface area contributed by atoms with Crippen molar-refractivity contribution in [2.45, 2.75) is 25.7 Å². The summed E-state index contributed by atoms with van der Waals surface area (Å²) in [6.45, 7) is 4.32. The standard InChI is InChI=1S/C23H26N4OS2/c28-21(18-14-30-22(26-18)20-8-3-13-29-20)25-17-6-1-2-7-19(17)27-12-5-10-23(16-27)9-4-11-24-15-23/h1-3,6-8,13-14,24H,4-5,9-12,15-16H2,(H,25,28). The highest BCUT2D eigenvalue weighted by Gasteiger charge is 2.37. The van der Waals surface area contributed by atoms with Crippen LogP contribution in [0.5, 0.6) is 0 Å². The fourth-order valence-corrected chi connectivity index (χ4v) is 6.34. The zero-order valence-corrected chi connectivity index (χ0v) is 18.5. The molecule has 0 saturated carbocycles. The zero-order valence-electron chi connectivity index (χ0n) is 16.9. The molecule has 0 radical (unpaired) electrons. The van der Waals surface area contributed by atoms with Gasteiger partial charge in [0.1, 0.15) is 10.7 Å². The maximum Gasteiger partial charge on any atom is 0.275 e. The summed E-state index contributed by atoms with van der Waals surface area (Å²) in [5.74, 6) is -0.146. The van der Waals surface area contributed by atoms with Crippen LogP contribution in [-0.4, -0.2) is 37.1 Å². The Labute approximate surface area is 185 Å². The van der Waals surface area contributed by atoms with Crippen LogP contribution in [0.1, 0.15) is 36.2 Å². The summed E-state index contributed by atoms with van der Waals surface area (Å²) in [5.41, 5.74) is 2.82. The Morgan fingerprint density at radius 2 is 2.03 bits per heavy atom. The summed E-state index contributed by atoms with van der Waals surface area (Å²) in [6, 6.07) is 12.2. The average molecular weight is 439 g/mol. The SMILES string of the molecule is O=C(Nc1ccccc1N1CCCC2(CCCNC2)C1)c1csc(-c2cccs2)n1. The molecule has 2 fully saturated rings. The highest BCUT2D eigenvalue weighted by molar-refractivity contribution is 7.20. The van der Waals surface area contributed by atoms with Gasteiger partial charge < -0.3 is 15.5 Å². The minimum absolute atomic E-state index is 0.146. The number of piperidine rings is 2. The number of benzene rings is 1. The van der Waals surface area contributed by atoms with Gasteiger partial charge in [-0.25, -0.2) is 4.98 Å². The summed E-state index contributed by atoms with van der Waals surface area (Å²) < 4.78 is 0. The quantitative estimate of drug-likeness (QED) is 0.595. The first-order valence-corrected chi connectivity index (χ1v) is 12.3. The fourth-order valence-electron chi connectivity index (χ4n) is 4.73. The van der Waals surface area contributed by atoms with E-state index in [0.717, 1.165) is 47.4 Å². The maximum absolute atomic E-state index is 12.9. The number of thiazole rings is 1. The van der Waals surface area contributed by atoms with Gasteiger partial charge >= 0.3 is 0 Å². The molecule has 1 spiro atoms. The second-order valence-electron chi connectivity index (χ2n) is 8.29. The largest absolute Gasteiger partial charge is 0.369 e. The van der Waals surface area contributed by atoms with Gasteiger partial charge in [0.05, 0.1) is 16.3 Å². The van der Waals surface area contributed by atoms with Crippen molar-refractivity contribution in [1.29, 1.82) is 0 Å². The van der Waals surface area contributed by atoms with Gasteiger partial charge in [-0.3, -0.25) is 4.79 Å². The molecule has 1 atom stereocenters. The molecule has 2 saturated heterocycles. The third-order valence-corrected chi connectivity index (χ3v) is 8.07. The molecule has 4 heterocycles. The van der Waals surface area contributed by atoms with Gasteiger partial charge in [-0.15, -0.1) is 22.7 Å². The third-order valence-electron chi connectivity index (χ3n) is 6.18. The molecular formula is C23H26N4OS2. The van der Waals surface area contributed by atoms with Crippen LogP contribution in [0.2, 0.25) is 0 Å². The minimum Gasteiger partial charge on any atom is -0.369 e. The average Bonchev–Trinajstić information content (AvgIpc) is 3.47. The molecule has 1 unspecified atom stereocenters. The van der Waals surface area contributed by atoms with E-state index >= 15 is 0 Å². The van der Waals surface area contributed by atoms with Gasteiger partial charge in [0.15, 0.2) is 0 Å². The van der Waals surface area contributed by atoms with Crippen molar-refractivity contribution in [1.82, 2.24) is 10.3 Å². The Bertz CT molecular complexity index is 1000. The number of amides is 1. The molecule has 156 valence electrons. The van der Waals surface area contributed by atoms with E-state index in [1.165, 1.54) is 37.0 Å². The lowest BCUT2D eigenvalue weighted by molar-refractivity contribution is 0.102. The topological polar surface area (TPSA) is 57.3 Å². The molecule has 1 aromatic carbocycles. The molecule has 2 aliphatic rings. The van der Waals surface area contributed by atoms with Crippen molar-refractivity contribution in [3.05, 3.63) is 52.9 Å². The molecule has 0 bridgehead atoms. The smallest absolute Gasteiger partial charge is 0.275 e. The van der Waals surface area contributed by atoms with E-state index in [4.69, 9.17) is 0 Å². The van der Waals surface area contributed by atoms with E-state index in [1.807, 2.05) is 35.0 Å². The minimum atomic E-state index is -0.146. The van der Waals surface area contributed by atoms with Gasteiger partial charge in [0.25, 0.3) is 5.91 Å². The summed E-state index contributed by atoms with van der Waals surface area (Å²) in [5, 5.41) is 11.5. The van der Waals surface area contributed by atoms with E-state index in [9.17, 15) is 4.79 Å². The van der Waals surface area contributed by atoms with Gasteiger partial charge in [-0.05, 0) is 55.8 Å². The molecule has 7 heteroatoms. The molecular weight excluding hydrogens is 412 g/mol. The van der Waals surface area contributed by atoms with Crippen LogP contribution in [0.15, 0.2) is 47.2 Å². The number of nitrogens with one attached hydrogen (secondary N) is 2. The summed E-state index contributed by atoms with van der Waals surface area (Å²) in [7, 11) is 0. The first-order chi connectivity index (χ1) is 14.7. The van der Waals surface area contributed by atoms with Crippen LogP contribution in [0.3, 0.4) is 0 Å². The van der Waals surface area contributed by atoms with Gasteiger partial charge in [0, 0.05) is 30.4 Å². The molecule has 2 aliphatic heterocycles. The second kappa shape index (κ2) is 8.49. The predicted molar refractivity (Wildman–Crippen MR) is 126 cm³/mol. The molecule has 3 aromatic rings. The Kier molecular flexibility index (Phi) is 5.58. The number of para-hydroxylation sites is 2. The number of thiophene rings is 1. The summed E-state index contributed by atoms with van der Waals surface area (Å²) in [6.07, 6.45) is 5.02. The Balaban J connectivity index is 1.34. The number of carbonyl (C=O) groups excluding carboxylic acids is 1. The number of aromatic nitrogens is 1. The van der Waals surface area contributed by atoms with Crippen LogP contribution in [0.25, 0.3) is 9.88 Å². The Morgan fingerprint density at radius 3 is 2.87 bits per heavy atom. The van der Waals surface area contributed by atoms with Crippen LogP contribution < -0.4 is 15.5 Å². The maximum atomic E-state index is 12.9. The summed E-state index contributed by atoms with van der Waals surface area (Å²) in [4.78, 5) is 21.0. The Hall–Kier alpha value is -2.22. The molecule has 5 nitrogen and oxygen atoms in total. The van der Waals surface area contributed by atoms with E-state index in [0.29, 0.717) is 11.1 Å². The van der Waals surface area contributed by atoms with Crippen molar-refractivity contribution in [3.63, 3.8) is 0 Å². The molecule has 30 heavy (non-hydrogen) atoms. The Morgan fingerprint density at radius 1 is 1.13 bits per heavy atom. The van der Waals surface area contributed by atoms with E-state index < -0.39 is 0 Å². The zero-order chi connectivity index (χ0) is 20.4. The second-order valence-corrected chi connectivity index (χ2v) is 10.1. The van der Waals surface area contributed by atoms with Crippen LogP contribution in [0, 0.1) is 5.41 Å². The van der Waals surface area contributed by atoms with Gasteiger partial charge in [-0.1, -0.05) is 18.2 Å². The number of rotatable bonds is 4. The first-order valence-electron chi connectivity index (χ1n) is 10.6. The lowest BCUT2D eigenvalue weighted by Crippen LogP contribution is -2.51. The lowest BCUT2D eigenvalue weighted by atomic mass is 9.74. The predicted octanol–water partition coefficient (Wildman–Crippen LogP) is 5.09. The highest BCUT2D eigenvalue weighted by atomic mass is 32.1.